The van der Waals surface area contributed by atoms with Gasteiger partial charge in [-0.15, -0.1) is 11.3 Å². The van der Waals surface area contributed by atoms with E-state index in [1.807, 2.05) is 11.3 Å². The molecule has 0 spiro atoms. The van der Waals surface area contributed by atoms with Crippen LogP contribution in [0.1, 0.15) is 30.5 Å². The number of benzene rings is 5. The van der Waals surface area contributed by atoms with E-state index in [0.717, 1.165) is 7.28 Å². The number of aromatic nitrogens is 2. The van der Waals surface area contributed by atoms with Gasteiger partial charge in [-0.2, -0.15) is 0 Å². The van der Waals surface area contributed by atoms with E-state index in [-0.39, 0.29) is 5.41 Å². The second-order valence-electron chi connectivity index (χ2n) is 12.7. The number of nitrogens with zero attached hydrogens (tertiary/aromatic N) is 1. The number of fused-ring (bicyclic) bond motifs is 12. The number of para-hydroxylation sites is 2. The fourth-order valence-corrected chi connectivity index (χ4v) is 9.44. The van der Waals surface area contributed by atoms with Crippen LogP contribution in [0, 0.1) is 6.92 Å². The maximum absolute atomic E-state index is 3.90. The maximum atomic E-state index is 3.90. The van der Waals surface area contributed by atoms with Crippen LogP contribution in [0.4, 0.5) is 0 Å². The zero-order chi connectivity index (χ0) is 27.9. The minimum absolute atomic E-state index is 0.0461. The Morgan fingerprint density at radius 3 is 2.43 bits per heavy atom. The lowest BCUT2D eigenvalue weighted by atomic mass is 9.59. The average molecular weight is 555 g/mol. The van der Waals surface area contributed by atoms with Gasteiger partial charge in [0.2, 0.25) is 0 Å². The molecule has 0 radical (unpaired) electrons. The maximum Gasteiger partial charge on any atom is 0.198 e. The Bertz CT molecular complexity index is 2490. The smallest absolute Gasteiger partial charge is 0.198 e. The van der Waals surface area contributed by atoms with Crippen molar-refractivity contribution in [2.75, 3.05) is 0 Å². The van der Waals surface area contributed by atoms with Gasteiger partial charge in [0.05, 0.1) is 21.4 Å². The third-order valence-electron chi connectivity index (χ3n) is 9.98. The quantitative estimate of drug-likeness (QED) is 0.197. The predicted molar refractivity (Wildman–Crippen MR) is 182 cm³/mol. The largest absolute Gasteiger partial charge is 0.353 e. The van der Waals surface area contributed by atoms with E-state index < -0.39 is 0 Å². The molecule has 1 N–H and O–H groups in total. The minimum Gasteiger partial charge on any atom is -0.353 e. The van der Waals surface area contributed by atoms with Crippen molar-refractivity contribution in [2.24, 2.45) is 0 Å². The molecule has 0 saturated carbocycles. The summed E-state index contributed by atoms with van der Waals surface area (Å²) in [6, 6.07) is 36.4. The molecule has 2 nitrogen and oxygen atoms in total. The molecule has 0 amide bonds. The van der Waals surface area contributed by atoms with Gasteiger partial charge in [-0.25, -0.2) is 0 Å². The first-order valence-electron chi connectivity index (χ1n) is 14.8. The van der Waals surface area contributed by atoms with Crippen LogP contribution in [0.3, 0.4) is 0 Å². The predicted octanol–water partition coefficient (Wildman–Crippen LogP) is 8.46. The van der Waals surface area contributed by atoms with Gasteiger partial charge in [0.25, 0.3) is 0 Å². The van der Waals surface area contributed by atoms with Crippen LogP contribution < -0.4 is 10.9 Å². The van der Waals surface area contributed by atoms with Gasteiger partial charge < -0.3 is 9.55 Å². The van der Waals surface area contributed by atoms with Crippen molar-refractivity contribution in [3.05, 3.63) is 114 Å². The van der Waals surface area contributed by atoms with Crippen LogP contribution in [0.15, 0.2) is 97.1 Å². The van der Waals surface area contributed by atoms with Crippen LogP contribution in [-0.4, -0.2) is 16.8 Å². The van der Waals surface area contributed by atoms with Gasteiger partial charge in [0, 0.05) is 48.6 Å². The van der Waals surface area contributed by atoms with Crippen LogP contribution in [0.2, 0.25) is 0 Å². The summed E-state index contributed by atoms with van der Waals surface area (Å²) in [5.74, 6) is 0. The second kappa shape index (κ2) is 7.64. The first kappa shape index (κ1) is 23.1. The van der Waals surface area contributed by atoms with Crippen LogP contribution >= 0.6 is 11.3 Å². The van der Waals surface area contributed by atoms with Crippen molar-refractivity contribution < 1.29 is 0 Å². The van der Waals surface area contributed by atoms with Crippen LogP contribution in [0.5, 0.6) is 0 Å². The Kier molecular flexibility index (Phi) is 4.20. The molecule has 0 unspecified atom stereocenters. The molecule has 2 aliphatic rings. The molecular weight excluding hydrogens is 527 g/mol. The highest BCUT2D eigenvalue weighted by molar-refractivity contribution is 7.26. The van der Waals surface area contributed by atoms with E-state index in [0.29, 0.717) is 0 Å². The van der Waals surface area contributed by atoms with Crippen molar-refractivity contribution >= 4 is 71.7 Å². The number of thiophene rings is 1. The number of nitrogens with one attached hydrogen (secondary N) is 1. The van der Waals surface area contributed by atoms with Crippen molar-refractivity contribution in [2.45, 2.75) is 26.2 Å². The monoisotopic (exact) mass is 554 g/mol. The third-order valence-corrected chi connectivity index (χ3v) is 11.2. The van der Waals surface area contributed by atoms with E-state index in [9.17, 15) is 0 Å². The summed E-state index contributed by atoms with van der Waals surface area (Å²) in [6.07, 6.45) is 0. The molecule has 0 bridgehead atoms. The molecule has 198 valence electrons. The minimum atomic E-state index is -0.0461. The molecule has 0 fully saturated rings. The second-order valence-corrected chi connectivity index (χ2v) is 13.7. The molecule has 42 heavy (non-hydrogen) atoms. The lowest BCUT2D eigenvalue weighted by molar-refractivity contribution is 0.666. The number of rotatable bonds is 1. The Hall–Kier alpha value is -4.54. The zero-order valence-corrected chi connectivity index (χ0v) is 24.6. The SMILES string of the molecule is Cc1cc(-c2cccc3c2[nH]c2c4ccccc4sc32)c2c(c1)-n1c3c(c4cccc(c41)B2)C(C)(C)c1ccccc1-3. The average Bonchev–Trinajstić information content (AvgIpc) is 3.71. The summed E-state index contributed by atoms with van der Waals surface area (Å²) in [7, 11) is 0.932. The Labute approximate surface area is 248 Å². The Morgan fingerprint density at radius 1 is 0.738 bits per heavy atom. The third kappa shape index (κ3) is 2.68. The van der Waals surface area contributed by atoms with Crippen molar-refractivity contribution in [3.8, 4) is 28.1 Å². The van der Waals surface area contributed by atoms with Crippen molar-refractivity contribution in [1.82, 2.24) is 9.55 Å². The number of H-pyrrole nitrogens is 1. The van der Waals surface area contributed by atoms with Crippen LogP contribution in [0.25, 0.3) is 70.2 Å². The molecule has 4 heteroatoms. The molecule has 3 aromatic heterocycles. The van der Waals surface area contributed by atoms with Gasteiger partial charge in [-0.05, 0) is 46.8 Å². The van der Waals surface area contributed by atoms with Crippen molar-refractivity contribution in [3.63, 3.8) is 0 Å². The summed E-state index contributed by atoms with van der Waals surface area (Å²) >= 11 is 1.89. The lowest BCUT2D eigenvalue weighted by Crippen LogP contribution is -2.37. The van der Waals surface area contributed by atoms with Crippen molar-refractivity contribution in [1.29, 1.82) is 0 Å². The fraction of sp³-hybridized carbons (Fsp3) is 0.105. The first-order chi connectivity index (χ1) is 20.5. The van der Waals surface area contributed by atoms with E-state index in [4.69, 9.17) is 0 Å². The molecule has 4 heterocycles. The van der Waals surface area contributed by atoms with E-state index in [1.54, 1.807) is 0 Å². The summed E-state index contributed by atoms with van der Waals surface area (Å²) in [5, 5.41) is 4.03. The molecular formula is C38H27BN2S. The number of aryl methyl sites for hydroxylation is 1. The highest BCUT2D eigenvalue weighted by Gasteiger charge is 2.42. The normalized spacial score (nSPS) is 14.5. The Balaban J connectivity index is 1.31. The first-order valence-corrected chi connectivity index (χ1v) is 15.7. The van der Waals surface area contributed by atoms with Gasteiger partial charge in [-0.3, -0.25) is 0 Å². The molecule has 0 atom stereocenters. The van der Waals surface area contributed by atoms with E-state index in [2.05, 4.69) is 127 Å². The zero-order valence-electron chi connectivity index (χ0n) is 23.8. The van der Waals surface area contributed by atoms with Gasteiger partial charge in [0.1, 0.15) is 0 Å². The summed E-state index contributed by atoms with van der Waals surface area (Å²) in [5.41, 5.74) is 17.6. The van der Waals surface area contributed by atoms with Gasteiger partial charge in [-0.1, -0.05) is 104 Å². The lowest BCUT2D eigenvalue weighted by Gasteiger charge is -2.25. The van der Waals surface area contributed by atoms with Crippen LogP contribution in [-0.2, 0) is 5.41 Å². The highest BCUT2D eigenvalue weighted by atomic mass is 32.1. The summed E-state index contributed by atoms with van der Waals surface area (Å²) < 4.78 is 5.30. The van der Waals surface area contributed by atoms with E-state index in [1.165, 1.54) is 97.8 Å². The fourth-order valence-electron chi connectivity index (χ4n) is 8.25. The summed E-state index contributed by atoms with van der Waals surface area (Å²) in [6.45, 7) is 7.05. The molecule has 8 aromatic rings. The standard InChI is InChI=1S/C38H27BN2S/c1-20-18-26(21-12-8-14-25-33(21)40-34-23-11-5-7-17-30(23)42-37(25)34)32-29(19-20)41-35-24(13-9-16-28(35)39-32)31-36(41)22-10-4-6-15-27(22)38(31,2)3/h4-19,39-40H,1-3H3. The van der Waals surface area contributed by atoms with Gasteiger partial charge in [0.15, 0.2) is 7.28 Å². The Morgan fingerprint density at radius 2 is 1.50 bits per heavy atom. The molecule has 0 saturated heterocycles. The topological polar surface area (TPSA) is 20.7 Å². The number of hydrogen-bond acceptors (Lipinski definition) is 1. The molecule has 1 aliphatic carbocycles. The highest BCUT2D eigenvalue weighted by Crippen LogP contribution is 2.53. The molecule has 10 rings (SSSR count). The summed E-state index contributed by atoms with van der Waals surface area (Å²) in [4.78, 5) is 3.90. The number of aromatic amines is 1. The van der Waals surface area contributed by atoms with E-state index >= 15 is 0 Å². The molecule has 1 aliphatic heterocycles. The molecule has 5 aromatic carbocycles. The number of hydrogen-bond donors (Lipinski definition) is 1. The van der Waals surface area contributed by atoms with Gasteiger partial charge >= 0.3 is 0 Å².